The van der Waals surface area contributed by atoms with E-state index in [-0.39, 0.29) is 44.5 Å². The van der Waals surface area contributed by atoms with Gasteiger partial charge in [-0.25, -0.2) is 0 Å². The summed E-state index contributed by atoms with van der Waals surface area (Å²) in [4.78, 5) is 50.5. The lowest BCUT2D eigenvalue weighted by atomic mass is 9.87. The summed E-state index contributed by atoms with van der Waals surface area (Å²) in [6, 6.07) is 0. The van der Waals surface area contributed by atoms with Gasteiger partial charge in [-0.15, -0.1) is 0 Å². The van der Waals surface area contributed by atoms with Crippen LogP contribution in [0.3, 0.4) is 0 Å². The molecule has 1 aliphatic carbocycles. The Bertz CT molecular complexity index is 1150. The van der Waals surface area contributed by atoms with E-state index in [1.807, 2.05) is 21.1 Å². The highest BCUT2D eigenvalue weighted by Gasteiger charge is 2.41. The number of carbonyl (C=O) groups is 3. The van der Waals surface area contributed by atoms with E-state index in [2.05, 4.69) is 13.8 Å². The van der Waals surface area contributed by atoms with Crippen LogP contribution < -0.4 is 4.89 Å². The summed E-state index contributed by atoms with van der Waals surface area (Å²) >= 11 is 0. The second-order valence-electron chi connectivity index (χ2n) is 16.7. The molecular weight excluding hydrogens is 741 g/mol. The van der Waals surface area contributed by atoms with Gasteiger partial charge in [0.15, 0.2) is 6.10 Å². The van der Waals surface area contributed by atoms with Crippen molar-refractivity contribution in [2.45, 2.75) is 180 Å². The summed E-state index contributed by atoms with van der Waals surface area (Å²) in [6.07, 6.45) is 17.4. The lowest BCUT2D eigenvalue weighted by molar-refractivity contribution is -0.870. The number of hydrogen-bond acceptors (Lipinski definition) is 12. The van der Waals surface area contributed by atoms with Gasteiger partial charge in [-0.05, 0) is 25.7 Å². The number of ketones is 1. The third kappa shape index (κ3) is 27.1. The van der Waals surface area contributed by atoms with Gasteiger partial charge >= 0.3 is 11.9 Å². The smallest absolute Gasteiger partial charge is 0.306 e. The Kier molecular flexibility index (Phi) is 28.4. The minimum Gasteiger partial charge on any atom is -0.756 e. The average molecular weight is 820 g/mol. The lowest BCUT2D eigenvalue weighted by Crippen LogP contribution is -2.37. The number of phosphoric acid groups is 1. The first-order chi connectivity index (χ1) is 26.6. The number of aliphatic hydroxyl groups is 3. The zero-order valence-electron chi connectivity index (χ0n) is 35.4. The zero-order valence-corrected chi connectivity index (χ0v) is 36.3. The monoisotopic (exact) mass is 820 g/mol. The van der Waals surface area contributed by atoms with Crippen molar-refractivity contribution >= 4 is 25.5 Å². The molecular formula is C42H78NO12P. The van der Waals surface area contributed by atoms with E-state index < -0.39 is 69.2 Å². The SMILES string of the molecule is CCCCCCCCCCCCCC(=O)O[C@H](COC(=O)CCCCC(=O)C[C@@H]1[C@@H](/C=C/[C@@H](O)CCCCC)[C@H](O)C[C@@H]1O)COP(=O)([O-])OCC[N+](C)(C)C. The molecule has 0 bridgehead atoms. The number of carbonyl (C=O) groups excluding carboxylic acids is 3. The van der Waals surface area contributed by atoms with E-state index in [9.17, 15) is 39.2 Å². The van der Waals surface area contributed by atoms with Crippen LogP contribution in [0.2, 0.25) is 0 Å². The van der Waals surface area contributed by atoms with Gasteiger partial charge in [-0.3, -0.25) is 18.9 Å². The van der Waals surface area contributed by atoms with Crippen molar-refractivity contribution in [3.8, 4) is 0 Å². The lowest BCUT2D eigenvalue weighted by Gasteiger charge is -2.28. The molecule has 1 fully saturated rings. The van der Waals surface area contributed by atoms with Gasteiger partial charge in [0, 0.05) is 43.9 Å². The summed E-state index contributed by atoms with van der Waals surface area (Å²) in [7, 11) is 0.968. The Balaban J connectivity index is 2.54. The Morgan fingerprint density at radius 3 is 1.95 bits per heavy atom. The van der Waals surface area contributed by atoms with Crippen LogP contribution in [0.5, 0.6) is 0 Å². The van der Waals surface area contributed by atoms with Gasteiger partial charge in [0.05, 0.1) is 46.1 Å². The molecule has 0 aliphatic heterocycles. The number of unbranched alkanes of at least 4 members (excludes halogenated alkanes) is 13. The van der Waals surface area contributed by atoms with Crippen LogP contribution in [0.4, 0.5) is 0 Å². The number of aliphatic hydroxyl groups excluding tert-OH is 3. The predicted molar refractivity (Wildman–Crippen MR) is 215 cm³/mol. The highest BCUT2D eigenvalue weighted by molar-refractivity contribution is 7.45. The number of phosphoric ester groups is 1. The summed E-state index contributed by atoms with van der Waals surface area (Å²) in [5, 5.41) is 31.3. The third-order valence-corrected chi connectivity index (χ3v) is 11.2. The van der Waals surface area contributed by atoms with Gasteiger partial charge in [-0.2, -0.15) is 0 Å². The molecule has 56 heavy (non-hydrogen) atoms. The van der Waals surface area contributed by atoms with Crippen LogP contribution in [0.25, 0.3) is 0 Å². The number of nitrogens with zero attached hydrogens (tertiary/aromatic N) is 1. The minimum atomic E-state index is -4.71. The maximum Gasteiger partial charge on any atom is 0.306 e. The number of hydrogen-bond donors (Lipinski definition) is 3. The number of Topliss-reactive ketones (excluding diaryl/α,β-unsaturated/α-hetero) is 1. The van der Waals surface area contributed by atoms with Crippen molar-refractivity contribution in [2.75, 3.05) is 47.5 Å². The first kappa shape index (κ1) is 52.3. The number of rotatable bonds is 35. The molecule has 13 nitrogen and oxygen atoms in total. The molecule has 0 heterocycles. The van der Waals surface area contributed by atoms with Crippen molar-refractivity contribution in [1.29, 1.82) is 0 Å². The fourth-order valence-electron chi connectivity index (χ4n) is 6.77. The molecule has 0 amide bonds. The summed E-state index contributed by atoms with van der Waals surface area (Å²) in [6.45, 7) is 3.67. The highest BCUT2D eigenvalue weighted by atomic mass is 31.2. The van der Waals surface area contributed by atoms with Gasteiger partial charge < -0.3 is 43.2 Å². The van der Waals surface area contributed by atoms with E-state index in [1.54, 1.807) is 12.2 Å². The van der Waals surface area contributed by atoms with E-state index in [0.29, 0.717) is 36.7 Å². The fraction of sp³-hybridized carbons (Fsp3) is 0.881. The molecule has 7 atom stereocenters. The third-order valence-electron chi connectivity index (χ3n) is 10.3. The molecule has 1 saturated carbocycles. The molecule has 0 aromatic heterocycles. The fourth-order valence-corrected chi connectivity index (χ4v) is 7.50. The van der Waals surface area contributed by atoms with Crippen molar-refractivity contribution in [3.63, 3.8) is 0 Å². The van der Waals surface area contributed by atoms with Crippen LogP contribution in [-0.2, 0) is 37.5 Å². The molecule has 1 unspecified atom stereocenters. The topological polar surface area (TPSA) is 189 Å². The van der Waals surface area contributed by atoms with E-state index in [4.69, 9.17) is 18.5 Å². The second-order valence-corrected chi connectivity index (χ2v) is 18.1. The minimum absolute atomic E-state index is 0.00614. The second kappa shape index (κ2) is 30.4. The molecule has 0 aromatic carbocycles. The molecule has 1 rings (SSSR count). The molecule has 0 aromatic rings. The van der Waals surface area contributed by atoms with Crippen LogP contribution in [0.15, 0.2) is 12.2 Å². The first-order valence-electron chi connectivity index (χ1n) is 21.6. The Labute approximate surface area is 338 Å². The van der Waals surface area contributed by atoms with Crippen LogP contribution in [0, 0.1) is 11.8 Å². The van der Waals surface area contributed by atoms with Gasteiger partial charge in [0.2, 0.25) is 0 Å². The number of quaternary nitrogens is 1. The van der Waals surface area contributed by atoms with Crippen molar-refractivity contribution in [2.24, 2.45) is 11.8 Å². The standard InChI is InChI=1S/C42H78NO12P/c1-6-8-10-11-12-13-14-15-16-17-19-25-42(49)55-36(33-54-56(50,51)53-29-28-43(3,4)5)32-52-41(48)24-21-20-23-35(45)30-38-37(39(46)31-40(38)47)27-26-34(44)22-18-9-7-2/h26-27,34,36-40,44,46-47H,6-25,28-33H2,1-5H3/b27-26+/t34-,36+,37+,38+,39+,40-/m0/s1. The largest absolute Gasteiger partial charge is 0.756 e. The molecule has 0 saturated heterocycles. The first-order valence-corrected chi connectivity index (χ1v) is 23.0. The van der Waals surface area contributed by atoms with Crippen LogP contribution in [-0.4, -0.2) is 109 Å². The van der Waals surface area contributed by atoms with Gasteiger partial charge in [0.1, 0.15) is 25.5 Å². The molecule has 1 aliphatic rings. The van der Waals surface area contributed by atoms with Crippen molar-refractivity contribution < 1.29 is 62.2 Å². The zero-order chi connectivity index (χ0) is 41.8. The van der Waals surface area contributed by atoms with Gasteiger partial charge in [0.25, 0.3) is 7.82 Å². The van der Waals surface area contributed by atoms with Crippen molar-refractivity contribution in [3.05, 3.63) is 12.2 Å². The molecule has 0 radical (unpaired) electrons. The van der Waals surface area contributed by atoms with Crippen LogP contribution >= 0.6 is 7.82 Å². The predicted octanol–water partition coefficient (Wildman–Crippen LogP) is 6.73. The molecule has 0 spiro atoms. The van der Waals surface area contributed by atoms with Crippen LogP contribution in [0.1, 0.15) is 155 Å². The summed E-state index contributed by atoms with van der Waals surface area (Å²) in [5.41, 5.74) is 0. The van der Waals surface area contributed by atoms with E-state index in [0.717, 1.165) is 38.5 Å². The highest BCUT2D eigenvalue weighted by Crippen LogP contribution is 2.39. The van der Waals surface area contributed by atoms with Crippen molar-refractivity contribution in [1.82, 2.24) is 0 Å². The molecule has 328 valence electrons. The molecule has 14 heteroatoms. The Morgan fingerprint density at radius 1 is 0.768 bits per heavy atom. The molecule has 3 N–H and O–H groups in total. The van der Waals surface area contributed by atoms with Gasteiger partial charge in [-0.1, -0.05) is 109 Å². The normalized spacial score (nSPS) is 20.9. The quantitative estimate of drug-likeness (QED) is 0.0202. The Morgan fingerprint density at radius 2 is 1.32 bits per heavy atom. The maximum atomic E-state index is 12.8. The maximum absolute atomic E-state index is 12.8. The summed E-state index contributed by atoms with van der Waals surface area (Å²) in [5.74, 6) is -2.10. The Hall–Kier alpha value is -1.70. The number of esters is 2. The number of likely N-dealkylation sites (N-methyl/N-ethyl adjacent to an activating group) is 1. The summed E-state index contributed by atoms with van der Waals surface area (Å²) < 4.78 is 33.7. The average Bonchev–Trinajstić information content (AvgIpc) is 3.39. The van der Waals surface area contributed by atoms with E-state index in [1.165, 1.54) is 44.9 Å². The van der Waals surface area contributed by atoms with E-state index >= 15 is 0 Å². The number of ether oxygens (including phenoxy) is 2.